The molecule has 2 aromatic rings. The summed E-state index contributed by atoms with van der Waals surface area (Å²) in [4.78, 5) is 19.6. The van der Waals surface area contributed by atoms with Gasteiger partial charge >= 0.3 is 0 Å². The molecule has 21 heavy (non-hydrogen) atoms. The molecule has 0 bridgehead atoms. The van der Waals surface area contributed by atoms with E-state index in [1.165, 1.54) is 24.3 Å². The van der Waals surface area contributed by atoms with Crippen molar-refractivity contribution in [1.82, 2.24) is 9.97 Å². The van der Waals surface area contributed by atoms with Crippen molar-refractivity contribution in [1.29, 1.82) is 0 Å². The second-order valence-corrected chi connectivity index (χ2v) is 6.82. The van der Waals surface area contributed by atoms with Crippen molar-refractivity contribution < 1.29 is 13.2 Å². The van der Waals surface area contributed by atoms with Gasteiger partial charge in [-0.25, -0.2) is 18.4 Å². The van der Waals surface area contributed by atoms with Gasteiger partial charge in [0.2, 0.25) is 0 Å². The molecule has 1 heterocycles. The quantitative estimate of drug-likeness (QED) is 0.863. The zero-order valence-corrected chi connectivity index (χ0v) is 13.0. The first-order valence-electron chi connectivity index (χ1n) is 5.56. The van der Waals surface area contributed by atoms with Crippen molar-refractivity contribution in [3.63, 3.8) is 0 Å². The maximum atomic E-state index is 12.1. The molecule has 0 atom stereocenters. The molecule has 1 aromatic heterocycles. The zero-order chi connectivity index (χ0) is 15.6. The van der Waals surface area contributed by atoms with E-state index in [0.29, 0.717) is 0 Å². The Bertz CT molecular complexity index is 789. The lowest BCUT2D eigenvalue weighted by atomic mass is 10.2. The van der Waals surface area contributed by atoms with Crippen LogP contribution in [0.25, 0.3) is 0 Å². The summed E-state index contributed by atoms with van der Waals surface area (Å²) in [6.45, 7) is 0. The van der Waals surface area contributed by atoms with E-state index in [9.17, 15) is 13.2 Å². The van der Waals surface area contributed by atoms with Gasteiger partial charge in [0.05, 0.1) is 4.90 Å². The highest BCUT2D eigenvalue weighted by molar-refractivity contribution is 7.90. The number of nitrogens with one attached hydrogen (secondary N) is 1. The van der Waals surface area contributed by atoms with Gasteiger partial charge in [0, 0.05) is 11.8 Å². The third-order valence-electron chi connectivity index (χ3n) is 2.52. The van der Waals surface area contributed by atoms with Crippen LogP contribution in [-0.2, 0) is 9.84 Å². The van der Waals surface area contributed by atoms with Crippen molar-refractivity contribution >= 4 is 44.6 Å². The molecule has 9 heteroatoms. The van der Waals surface area contributed by atoms with Crippen LogP contribution in [0.1, 0.15) is 10.4 Å². The molecule has 1 N–H and O–H groups in total. The standard InChI is InChI=1S/C12H9Cl2N3O3S/c1-21(19,20)8-4-2-3-7(5-8)12(18)17-9-10(13)15-6-16-11(9)14/h2-6H,1H3,(H,17,18). The number of rotatable bonds is 3. The van der Waals surface area contributed by atoms with Crippen LogP contribution in [0.3, 0.4) is 0 Å². The number of carbonyl (C=O) groups excluding carboxylic acids is 1. The third kappa shape index (κ3) is 3.69. The summed E-state index contributed by atoms with van der Waals surface area (Å²) in [6.07, 6.45) is 2.22. The van der Waals surface area contributed by atoms with Gasteiger partial charge in [-0.1, -0.05) is 29.3 Å². The lowest BCUT2D eigenvalue weighted by molar-refractivity contribution is 0.102. The molecule has 1 amide bonds. The van der Waals surface area contributed by atoms with Crippen LogP contribution >= 0.6 is 23.2 Å². The average molecular weight is 346 g/mol. The highest BCUT2D eigenvalue weighted by atomic mass is 35.5. The number of halogens is 2. The molecule has 0 aliphatic heterocycles. The summed E-state index contributed by atoms with van der Waals surface area (Å²) in [6, 6.07) is 5.60. The fraction of sp³-hybridized carbons (Fsp3) is 0.0833. The fourth-order valence-corrected chi connectivity index (χ4v) is 2.58. The first kappa shape index (κ1) is 15.7. The van der Waals surface area contributed by atoms with Crippen LogP contribution in [0.5, 0.6) is 0 Å². The minimum atomic E-state index is -3.40. The lowest BCUT2D eigenvalue weighted by Crippen LogP contribution is -2.14. The Labute approximate surface area is 131 Å². The van der Waals surface area contributed by atoms with E-state index in [1.54, 1.807) is 0 Å². The molecule has 2 rings (SSSR count). The van der Waals surface area contributed by atoms with Gasteiger partial charge in [0.1, 0.15) is 12.0 Å². The van der Waals surface area contributed by atoms with E-state index < -0.39 is 15.7 Å². The van der Waals surface area contributed by atoms with Crippen molar-refractivity contribution in [2.45, 2.75) is 4.90 Å². The van der Waals surface area contributed by atoms with Crippen molar-refractivity contribution in [2.24, 2.45) is 0 Å². The van der Waals surface area contributed by atoms with Gasteiger partial charge in [-0.05, 0) is 18.2 Å². The Balaban J connectivity index is 2.34. The van der Waals surface area contributed by atoms with Gasteiger partial charge in [0.15, 0.2) is 20.1 Å². The first-order chi connectivity index (χ1) is 9.79. The summed E-state index contributed by atoms with van der Waals surface area (Å²) in [5, 5.41) is 2.43. The smallest absolute Gasteiger partial charge is 0.255 e. The van der Waals surface area contributed by atoms with Gasteiger partial charge < -0.3 is 5.32 Å². The molecule has 1 aromatic carbocycles. The predicted octanol–water partition coefficient (Wildman–Crippen LogP) is 2.44. The highest BCUT2D eigenvalue weighted by Gasteiger charge is 2.15. The number of hydrogen-bond acceptors (Lipinski definition) is 5. The topological polar surface area (TPSA) is 89.0 Å². The molecule has 110 valence electrons. The second kappa shape index (κ2) is 5.97. The number of carbonyl (C=O) groups is 1. The summed E-state index contributed by atoms with van der Waals surface area (Å²) in [7, 11) is -3.40. The van der Waals surface area contributed by atoms with Gasteiger partial charge in [-0.3, -0.25) is 4.79 Å². The van der Waals surface area contributed by atoms with Crippen LogP contribution < -0.4 is 5.32 Å². The van der Waals surface area contributed by atoms with Crippen molar-refractivity contribution in [2.75, 3.05) is 11.6 Å². The van der Waals surface area contributed by atoms with Gasteiger partial charge in [0.25, 0.3) is 5.91 Å². The lowest BCUT2D eigenvalue weighted by Gasteiger charge is -2.08. The summed E-state index contributed by atoms with van der Waals surface area (Å²) in [5.74, 6) is -0.570. The minimum absolute atomic E-state index is 0.0115. The Kier molecular flexibility index (Phi) is 4.46. The molecule has 0 unspecified atom stereocenters. The normalized spacial score (nSPS) is 11.2. The molecule has 0 spiro atoms. The van der Waals surface area contributed by atoms with E-state index >= 15 is 0 Å². The SMILES string of the molecule is CS(=O)(=O)c1cccc(C(=O)Nc2c(Cl)ncnc2Cl)c1. The largest absolute Gasteiger partial charge is 0.317 e. The molecular weight excluding hydrogens is 337 g/mol. The molecule has 0 saturated carbocycles. The Morgan fingerprint density at radius 3 is 2.38 bits per heavy atom. The van der Waals surface area contributed by atoms with Crippen LogP contribution in [0.2, 0.25) is 10.3 Å². The summed E-state index contributed by atoms with van der Waals surface area (Å²) < 4.78 is 23.0. The number of nitrogens with zero attached hydrogens (tertiary/aromatic N) is 2. The second-order valence-electron chi connectivity index (χ2n) is 4.08. The Morgan fingerprint density at radius 2 is 1.81 bits per heavy atom. The molecule has 0 radical (unpaired) electrons. The number of sulfone groups is 1. The van der Waals surface area contributed by atoms with E-state index in [0.717, 1.165) is 12.6 Å². The average Bonchev–Trinajstić information content (AvgIpc) is 2.42. The third-order valence-corrected chi connectivity index (χ3v) is 4.20. The van der Waals surface area contributed by atoms with E-state index in [-0.39, 0.29) is 26.5 Å². The van der Waals surface area contributed by atoms with Crippen LogP contribution in [0, 0.1) is 0 Å². The van der Waals surface area contributed by atoms with E-state index in [1.807, 2.05) is 0 Å². The predicted molar refractivity (Wildman–Crippen MR) is 79.6 cm³/mol. The summed E-state index contributed by atoms with van der Waals surface area (Å²) in [5.41, 5.74) is 0.213. The molecule has 6 nitrogen and oxygen atoms in total. The highest BCUT2D eigenvalue weighted by Crippen LogP contribution is 2.26. The monoisotopic (exact) mass is 345 g/mol. The van der Waals surface area contributed by atoms with Crippen LogP contribution in [-0.4, -0.2) is 30.5 Å². The van der Waals surface area contributed by atoms with Crippen molar-refractivity contribution in [3.05, 3.63) is 46.5 Å². The molecule has 0 aliphatic rings. The van der Waals surface area contributed by atoms with Crippen LogP contribution in [0.4, 0.5) is 5.69 Å². The number of hydrogen-bond donors (Lipinski definition) is 1. The van der Waals surface area contributed by atoms with Crippen LogP contribution in [0.15, 0.2) is 35.5 Å². The number of anilines is 1. The first-order valence-corrected chi connectivity index (χ1v) is 8.21. The molecular formula is C12H9Cl2N3O3S. The van der Waals surface area contributed by atoms with Gasteiger partial charge in [-0.15, -0.1) is 0 Å². The van der Waals surface area contributed by atoms with Crippen molar-refractivity contribution in [3.8, 4) is 0 Å². The summed E-state index contributed by atoms with van der Waals surface area (Å²) >= 11 is 11.6. The molecule has 0 fully saturated rings. The molecule has 0 aliphatic carbocycles. The van der Waals surface area contributed by atoms with E-state index in [4.69, 9.17) is 23.2 Å². The number of amides is 1. The van der Waals surface area contributed by atoms with E-state index in [2.05, 4.69) is 15.3 Å². The number of benzene rings is 1. The van der Waals surface area contributed by atoms with Gasteiger partial charge in [-0.2, -0.15) is 0 Å². The Morgan fingerprint density at radius 1 is 1.19 bits per heavy atom. The fourth-order valence-electron chi connectivity index (χ4n) is 1.50. The zero-order valence-electron chi connectivity index (χ0n) is 10.7. The number of aromatic nitrogens is 2. The maximum absolute atomic E-state index is 12.1. The minimum Gasteiger partial charge on any atom is -0.317 e. The Hall–Kier alpha value is -1.70. The molecule has 0 saturated heterocycles. The maximum Gasteiger partial charge on any atom is 0.255 e.